The van der Waals surface area contributed by atoms with Gasteiger partial charge in [0.1, 0.15) is 18.0 Å². The Kier molecular flexibility index (Phi) is 7.31. The van der Waals surface area contributed by atoms with Crippen molar-refractivity contribution < 1.29 is 19.5 Å². The zero-order valence-electron chi connectivity index (χ0n) is 20.9. The van der Waals surface area contributed by atoms with Gasteiger partial charge in [0.2, 0.25) is 17.7 Å². The number of aromatic amines is 1. The van der Waals surface area contributed by atoms with Gasteiger partial charge in [-0.25, -0.2) is 4.99 Å². The van der Waals surface area contributed by atoms with Crippen molar-refractivity contribution in [3.05, 3.63) is 41.2 Å². The van der Waals surface area contributed by atoms with Gasteiger partial charge in [0.15, 0.2) is 0 Å². The largest absolute Gasteiger partial charge is 0.371 e. The Morgan fingerprint density at radius 2 is 2.03 bits per heavy atom. The quantitative estimate of drug-likeness (QED) is 0.408. The van der Waals surface area contributed by atoms with E-state index in [9.17, 15) is 19.5 Å². The van der Waals surface area contributed by atoms with Crippen LogP contribution in [0, 0.1) is 11.8 Å². The predicted molar refractivity (Wildman–Crippen MR) is 136 cm³/mol. The van der Waals surface area contributed by atoms with Gasteiger partial charge in [0, 0.05) is 25.2 Å². The van der Waals surface area contributed by atoms with E-state index in [1.165, 1.54) is 13.1 Å². The maximum atomic E-state index is 13.5. The molecule has 0 radical (unpaired) electrons. The molecule has 2 aromatic rings. The molecular weight excluding hydrogens is 474 g/mol. The number of carbonyl (C=O) groups is 3. The van der Waals surface area contributed by atoms with Gasteiger partial charge in [0.05, 0.1) is 24.7 Å². The summed E-state index contributed by atoms with van der Waals surface area (Å²) in [6.07, 6.45) is 7.47. The molecule has 4 N–H and O–H groups in total. The molecule has 0 saturated heterocycles. The molecule has 11 heteroatoms. The van der Waals surface area contributed by atoms with Crippen LogP contribution in [0.3, 0.4) is 0 Å². The number of hydrogen-bond donors (Lipinski definition) is 4. The molecule has 5 rings (SSSR count). The molecule has 37 heavy (non-hydrogen) atoms. The van der Waals surface area contributed by atoms with Crippen molar-refractivity contribution in [1.29, 1.82) is 0 Å². The number of H-pyrrole nitrogens is 1. The smallest absolute Gasteiger partial charge is 0.243 e. The predicted octanol–water partition coefficient (Wildman–Crippen LogP) is 1.03. The standard InChI is InChI=1S/C26H33N7O4/c1-15(34)27-14-20(16-5-2-3-6-16)24(35)30-21-10-9-17-7-4-8-18-11-22(33(23(17)18)26(21)37)25(36)28-12-19-13-29-32-31-19/h4,7-8,13-14,16,20-22,26,37H,2-3,5-6,9-12H2,1H3,(H,28,36)(H,30,35)(H,29,31,32). The second kappa shape index (κ2) is 10.8. The topological polar surface area (TPSA) is 153 Å². The zero-order valence-corrected chi connectivity index (χ0v) is 20.9. The van der Waals surface area contributed by atoms with E-state index in [2.05, 4.69) is 31.0 Å². The molecule has 2 aliphatic heterocycles. The molecule has 0 spiro atoms. The number of aromatic nitrogens is 3. The lowest BCUT2D eigenvalue weighted by Gasteiger charge is -2.35. The van der Waals surface area contributed by atoms with Crippen LogP contribution in [0.5, 0.6) is 0 Å². The highest BCUT2D eigenvalue weighted by atomic mass is 16.3. The second-order valence-electron chi connectivity index (χ2n) is 10.2. The number of nitrogens with one attached hydrogen (secondary N) is 3. The second-order valence-corrected chi connectivity index (χ2v) is 10.2. The van der Waals surface area contributed by atoms with Crippen LogP contribution in [-0.4, -0.2) is 62.8 Å². The first kappa shape index (κ1) is 25.1. The van der Waals surface area contributed by atoms with Gasteiger partial charge >= 0.3 is 0 Å². The Morgan fingerprint density at radius 3 is 2.76 bits per heavy atom. The zero-order chi connectivity index (χ0) is 25.9. The maximum absolute atomic E-state index is 13.5. The van der Waals surface area contributed by atoms with Crippen molar-refractivity contribution in [3.8, 4) is 0 Å². The third-order valence-electron chi connectivity index (χ3n) is 7.75. The Morgan fingerprint density at radius 1 is 1.24 bits per heavy atom. The highest BCUT2D eigenvalue weighted by molar-refractivity contribution is 5.97. The Labute approximate surface area is 215 Å². The summed E-state index contributed by atoms with van der Waals surface area (Å²) in [5.41, 5.74) is 3.53. The van der Waals surface area contributed by atoms with E-state index in [0.29, 0.717) is 25.0 Å². The lowest BCUT2D eigenvalue weighted by Crippen LogP contribution is -2.57. The molecule has 0 bridgehead atoms. The van der Waals surface area contributed by atoms with Crippen LogP contribution >= 0.6 is 0 Å². The molecular formula is C26H33N7O4. The van der Waals surface area contributed by atoms with Crippen molar-refractivity contribution in [1.82, 2.24) is 26.0 Å². The van der Waals surface area contributed by atoms with E-state index in [4.69, 9.17) is 0 Å². The van der Waals surface area contributed by atoms with Crippen molar-refractivity contribution in [2.45, 2.75) is 76.7 Å². The van der Waals surface area contributed by atoms with E-state index in [1.54, 1.807) is 11.1 Å². The molecule has 1 aliphatic carbocycles. The average Bonchev–Trinajstić information content (AvgIpc) is 3.64. The first-order valence-corrected chi connectivity index (χ1v) is 13.0. The molecule has 4 unspecified atom stereocenters. The van der Waals surface area contributed by atoms with Crippen LogP contribution < -0.4 is 15.5 Å². The summed E-state index contributed by atoms with van der Waals surface area (Å²) in [5.74, 6) is -1.21. The minimum absolute atomic E-state index is 0.122. The number of aryl methyl sites for hydroxylation is 1. The maximum Gasteiger partial charge on any atom is 0.243 e. The van der Waals surface area contributed by atoms with E-state index in [0.717, 1.165) is 42.5 Å². The molecule has 1 saturated carbocycles. The summed E-state index contributed by atoms with van der Waals surface area (Å²) < 4.78 is 0. The number of para-hydroxylation sites is 1. The average molecular weight is 508 g/mol. The minimum atomic E-state index is -1.09. The number of aliphatic imine (C=N–C) groups is 1. The normalized spacial score (nSPS) is 24.1. The van der Waals surface area contributed by atoms with Crippen molar-refractivity contribution in [3.63, 3.8) is 0 Å². The number of amides is 3. The van der Waals surface area contributed by atoms with Crippen LogP contribution in [0.4, 0.5) is 5.69 Å². The lowest BCUT2D eigenvalue weighted by atomic mass is 9.90. The molecule has 11 nitrogen and oxygen atoms in total. The summed E-state index contributed by atoms with van der Waals surface area (Å²) in [5, 5.41) is 27.8. The summed E-state index contributed by atoms with van der Waals surface area (Å²) in [6.45, 7) is 1.59. The first-order chi connectivity index (χ1) is 17.9. The van der Waals surface area contributed by atoms with Gasteiger partial charge in [-0.15, -0.1) is 0 Å². The highest BCUT2D eigenvalue weighted by Crippen LogP contribution is 2.40. The van der Waals surface area contributed by atoms with Gasteiger partial charge in [0.25, 0.3) is 0 Å². The van der Waals surface area contributed by atoms with Crippen LogP contribution in [0.15, 0.2) is 29.4 Å². The van der Waals surface area contributed by atoms with Crippen LogP contribution in [0.1, 0.15) is 55.8 Å². The molecule has 196 valence electrons. The lowest BCUT2D eigenvalue weighted by molar-refractivity contribution is -0.125. The third-order valence-corrected chi connectivity index (χ3v) is 7.75. The minimum Gasteiger partial charge on any atom is -0.371 e. The molecule has 4 atom stereocenters. The molecule has 3 amide bonds. The number of rotatable bonds is 7. The Hall–Kier alpha value is -3.60. The van der Waals surface area contributed by atoms with Crippen LogP contribution in [0.2, 0.25) is 0 Å². The van der Waals surface area contributed by atoms with E-state index in [1.807, 2.05) is 18.2 Å². The van der Waals surface area contributed by atoms with Gasteiger partial charge < -0.3 is 20.6 Å². The molecule has 3 heterocycles. The van der Waals surface area contributed by atoms with Crippen molar-refractivity contribution >= 4 is 29.6 Å². The van der Waals surface area contributed by atoms with Crippen molar-refractivity contribution in [2.24, 2.45) is 16.8 Å². The molecule has 1 fully saturated rings. The van der Waals surface area contributed by atoms with Gasteiger partial charge in [-0.3, -0.25) is 14.4 Å². The molecule has 1 aromatic heterocycles. The summed E-state index contributed by atoms with van der Waals surface area (Å²) in [4.78, 5) is 43.9. The van der Waals surface area contributed by atoms with Gasteiger partial charge in [-0.1, -0.05) is 31.0 Å². The number of benzene rings is 1. The number of hydrogen-bond acceptors (Lipinski definition) is 7. The fraction of sp³-hybridized carbons (Fsp3) is 0.538. The summed E-state index contributed by atoms with van der Waals surface area (Å²) >= 11 is 0. The SMILES string of the molecule is CC(=O)N=CC(C(=O)NC1CCc2cccc3c2N(C(C(=O)NCc2cn[nH]n2)C3)C1O)C1CCCC1. The molecule has 3 aliphatic rings. The Bertz CT molecular complexity index is 1180. The number of carbonyl (C=O) groups excluding carboxylic acids is 3. The third kappa shape index (κ3) is 5.27. The van der Waals surface area contributed by atoms with Gasteiger partial charge in [-0.05, 0) is 42.7 Å². The molecule has 1 aromatic carbocycles. The number of aliphatic hydroxyl groups excluding tert-OH is 1. The monoisotopic (exact) mass is 507 g/mol. The fourth-order valence-corrected chi connectivity index (χ4v) is 5.93. The van der Waals surface area contributed by atoms with Crippen LogP contribution in [0.25, 0.3) is 0 Å². The van der Waals surface area contributed by atoms with Crippen LogP contribution in [-0.2, 0) is 33.8 Å². The van der Waals surface area contributed by atoms with Crippen molar-refractivity contribution in [2.75, 3.05) is 4.90 Å². The highest BCUT2D eigenvalue weighted by Gasteiger charge is 2.44. The first-order valence-electron chi connectivity index (χ1n) is 13.0. The number of aliphatic hydroxyl groups is 1. The van der Waals surface area contributed by atoms with E-state index < -0.39 is 24.2 Å². The Balaban J connectivity index is 1.36. The fourth-order valence-electron chi connectivity index (χ4n) is 5.93. The van der Waals surface area contributed by atoms with E-state index >= 15 is 0 Å². The number of nitrogens with zero attached hydrogens (tertiary/aromatic N) is 4. The number of anilines is 1. The summed E-state index contributed by atoms with van der Waals surface area (Å²) in [7, 11) is 0. The summed E-state index contributed by atoms with van der Waals surface area (Å²) in [6, 6.07) is 4.75. The van der Waals surface area contributed by atoms with Gasteiger partial charge in [-0.2, -0.15) is 15.4 Å². The van der Waals surface area contributed by atoms with E-state index in [-0.39, 0.29) is 30.2 Å².